The number of rotatable bonds is 15. The van der Waals surface area contributed by atoms with E-state index in [1.54, 1.807) is 30.0 Å². The highest BCUT2D eigenvalue weighted by atomic mass is 19.1. The van der Waals surface area contributed by atoms with Crippen molar-refractivity contribution in [3.63, 3.8) is 0 Å². The van der Waals surface area contributed by atoms with Crippen molar-refractivity contribution in [2.45, 2.75) is 72.9 Å². The molecule has 0 radical (unpaired) electrons. The van der Waals surface area contributed by atoms with E-state index < -0.39 is 35.5 Å². The fourth-order valence-corrected chi connectivity index (χ4v) is 4.84. The van der Waals surface area contributed by atoms with Crippen molar-refractivity contribution in [3.05, 3.63) is 70.3 Å². The molecular formula is C31H44F2N4O3. The highest BCUT2D eigenvalue weighted by Gasteiger charge is 2.26. The van der Waals surface area contributed by atoms with Gasteiger partial charge in [0.15, 0.2) is 0 Å². The lowest BCUT2D eigenvalue weighted by Crippen LogP contribution is -2.52. The van der Waals surface area contributed by atoms with Gasteiger partial charge >= 0.3 is 0 Å². The molecule has 0 saturated heterocycles. The van der Waals surface area contributed by atoms with E-state index in [2.05, 4.69) is 5.32 Å². The fraction of sp³-hybridized carbons (Fsp3) is 0.516. The minimum Gasteiger partial charge on any atom is -0.368 e. The molecule has 220 valence electrons. The van der Waals surface area contributed by atoms with Crippen LogP contribution in [0.4, 0.5) is 8.78 Å². The predicted octanol–water partition coefficient (Wildman–Crippen LogP) is 4.71. The van der Waals surface area contributed by atoms with Crippen LogP contribution in [0, 0.1) is 24.5 Å². The first-order valence-electron chi connectivity index (χ1n) is 14.0. The number of aryl methyl sites for hydroxylation is 1. The Morgan fingerprint density at radius 1 is 0.875 bits per heavy atom. The molecule has 0 spiro atoms. The van der Waals surface area contributed by atoms with Crippen molar-refractivity contribution in [2.24, 2.45) is 11.7 Å². The van der Waals surface area contributed by atoms with E-state index in [1.165, 1.54) is 12.1 Å². The molecule has 0 aliphatic heterocycles. The van der Waals surface area contributed by atoms with Gasteiger partial charge in [0.05, 0.1) is 6.04 Å². The van der Waals surface area contributed by atoms with E-state index in [9.17, 15) is 23.2 Å². The number of carbonyl (C=O) groups is 3. The summed E-state index contributed by atoms with van der Waals surface area (Å²) in [5, 5.41) is 2.99. The maximum Gasteiger partial charge on any atom is 0.253 e. The number of carbonyl (C=O) groups excluding carboxylic acids is 3. The third-order valence-electron chi connectivity index (χ3n) is 6.61. The second-order valence-corrected chi connectivity index (χ2v) is 11.0. The molecular weight excluding hydrogens is 514 g/mol. The van der Waals surface area contributed by atoms with Crippen LogP contribution in [0.15, 0.2) is 36.4 Å². The lowest BCUT2D eigenvalue weighted by molar-refractivity contribution is -0.122. The number of nitrogens with one attached hydrogen (secondary N) is 1. The van der Waals surface area contributed by atoms with Crippen molar-refractivity contribution in [2.75, 3.05) is 26.2 Å². The Kier molecular flexibility index (Phi) is 12.7. The summed E-state index contributed by atoms with van der Waals surface area (Å²) in [6, 6.07) is 7.08. The second kappa shape index (κ2) is 15.5. The summed E-state index contributed by atoms with van der Waals surface area (Å²) in [5.41, 5.74) is 7.47. The summed E-state index contributed by atoms with van der Waals surface area (Å²) < 4.78 is 28.0. The van der Waals surface area contributed by atoms with Gasteiger partial charge in [0.1, 0.15) is 11.6 Å². The SMILES string of the molecule is CCCN(CCC)C(=O)c1cc(C)cc(C(=O)N[C@@H](Cc2cc(F)cc(F)c2)CN(CC(C)C)[C@@H](C)C(N)=O)c1. The minimum absolute atomic E-state index is 0.124. The van der Waals surface area contributed by atoms with Crippen molar-refractivity contribution < 1.29 is 23.2 Å². The summed E-state index contributed by atoms with van der Waals surface area (Å²) in [6.45, 7) is 13.5. The van der Waals surface area contributed by atoms with Gasteiger partial charge in [-0.05, 0) is 80.5 Å². The molecule has 0 aromatic heterocycles. The zero-order valence-electron chi connectivity index (χ0n) is 24.6. The Labute approximate surface area is 237 Å². The molecule has 40 heavy (non-hydrogen) atoms. The number of halogens is 2. The van der Waals surface area contributed by atoms with Crippen molar-refractivity contribution in [1.82, 2.24) is 15.1 Å². The van der Waals surface area contributed by atoms with Crippen LogP contribution in [0.2, 0.25) is 0 Å². The van der Waals surface area contributed by atoms with Gasteiger partial charge in [0.25, 0.3) is 11.8 Å². The molecule has 0 fully saturated rings. The monoisotopic (exact) mass is 558 g/mol. The number of hydrogen-bond acceptors (Lipinski definition) is 4. The second-order valence-electron chi connectivity index (χ2n) is 11.0. The maximum atomic E-state index is 14.0. The first kappa shape index (κ1) is 32.9. The number of nitrogens with two attached hydrogens (primary N) is 1. The van der Waals surface area contributed by atoms with E-state index in [1.807, 2.05) is 39.5 Å². The van der Waals surface area contributed by atoms with Gasteiger partial charge in [0, 0.05) is 49.4 Å². The summed E-state index contributed by atoms with van der Waals surface area (Å²) in [7, 11) is 0. The van der Waals surface area contributed by atoms with Crippen LogP contribution in [0.5, 0.6) is 0 Å². The number of hydrogen-bond donors (Lipinski definition) is 2. The third-order valence-corrected chi connectivity index (χ3v) is 6.61. The molecule has 7 nitrogen and oxygen atoms in total. The van der Waals surface area contributed by atoms with E-state index in [-0.39, 0.29) is 24.8 Å². The van der Waals surface area contributed by atoms with Crippen molar-refractivity contribution in [3.8, 4) is 0 Å². The van der Waals surface area contributed by atoms with Gasteiger partial charge < -0.3 is 16.0 Å². The molecule has 9 heteroatoms. The van der Waals surface area contributed by atoms with Crippen LogP contribution in [-0.2, 0) is 11.2 Å². The topological polar surface area (TPSA) is 95.7 Å². The largest absolute Gasteiger partial charge is 0.368 e. The Balaban J connectivity index is 2.41. The van der Waals surface area contributed by atoms with Gasteiger partial charge in [-0.15, -0.1) is 0 Å². The van der Waals surface area contributed by atoms with Crippen LogP contribution >= 0.6 is 0 Å². The average Bonchev–Trinajstić information content (AvgIpc) is 2.85. The number of amides is 3. The molecule has 0 heterocycles. The summed E-state index contributed by atoms with van der Waals surface area (Å²) in [4.78, 5) is 42.5. The van der Waals surface area contributed by atoms with Crippen molar-refractivity contribution >= 4 is 17.7 Å². The van der Waals surface area contributed by atoms with E-state index >= 15 is 0 Å². The third kappa shape index (κ3) is 10.0. The van der Waals surface area contributed by atoms with Gasteiger partial charge in [-0.2, -0.15) is 0 Å². The van der Waals surface area contributed by atoms with Crippen LogP contribution in [0.1, 0.15) is 79.3 Å². The molecule has 2 aromatic carbocycles. The molecule has 3 N–H and O–H groups in total. The predicted molar refractivity (Wildman–Crippen MR) is 154 cm³/mol. The number of nitrogens with zero attached hydrogens (tertiary/aromatic N) is 2. The molecule has 3 amide bonds. The van der Waals surface area contributed by atoms with Gasteiger partial charge in [-0.3, -0.25) is 19.3 Å². The number of primary amides is 1. The van der Waals surface area contributed by atoms with Gasteiger partial charge in [0.2, 0.25) is 5.91 Å². The van der Waals surface area contributed by atoms with E-state index in [0.29, 0.717) is 36.3 Å². The normalized spacial score (nSPS) is 12.8. The summed E-state index contributed by atoms with van der Waals surface area (Å²) in [5.74, 6) is -2.29. The minimum atomic E-state index is -0.713. The first-order chi connectivity index (χ1) is 18.8. The zero-order chi connectivity index (χ0) is 30.0. The quantitative estimate of drug-likeness (QED) is 0.331. The average molecular weight is 559 g/mol. The molecule has 0 saturated carbocycles. The lowest BCUT2D eigenvalue weighted by atomic mass is 10.0. The van der Waals surface area contributed by atoms with Crippen LogP contribution in [-0.4, -0.2) is 65.8 Å². The zero-order valence-corrected chi connectivity index (χ0v) is 24.6. The first-order valence-corrected chi connectivity index (χ1v) is 14.0. The Bertz CT molecular complexity index is 1150. The Hall–Kier alpha value is -3.33. The van der Waals surface area contributed by atoms with Crippen LogP contribution in [0.25, 0.3) is 0 Å². The van der Waals surface area contributed by atoms with Gasteiger partial charge in [-0.25, -0.2) is 8.78 Å². The smallest absolute Gasteiger partial charge is 0.253 e. The highest BCUT2D eigenvalue weighted by molar-refractivity contribution is 6.00. The Morgan fingerprint density at radius 2 is 1.45 bits per heavy atom. The molecule has 0 bridgehead atoms. The Morgan fingerprint density at radius 3 is 1.98 bits per heavy atom. The fourth-order valence-electron chi connectivity index (χ4n) is 4.84. The summed E-state index contributed by atoms with van der Waals surface area (Å²) in [6.07, 6.45) is 1.77. The van der Waals surface area contributed by atoms with Crippen LogP contribution in [0.3, 0.4) is 0 Å². The standard InChI is InChI=1S/C31H44F2N4O3/c1-7-9-36(10-8-2)31(40)25-12-21(5)11-24(16-25)30(39)35-28(15-23-13-26(32)17-27(33)14-23)19-37(18-20(3)4)22(6)29(34)38/h11-14,16-17,20,22,28H,7-10,15,18-19H2,1-6H3,(H2,34,38)(H,35,39)/t22-,28-/m0/s1. The van der Waals surface area contributed by atoms with E-state index in [0.717, 1.165) is 24.5 Å². The lowest BCUT2D eigenvalue weighted by Gasteiger charge is -2.32. The van der Waals surface area contributed by atoms with Crippen molar-refractivity contribution in [1.29, 1.82) is 0 Å². The number of benzene rings is 2. The summed E-state index contributed by atoms with van der Waals surface area (Å²) >= 11 is 0. The van der Waals surface area contributed by atoms with Crippen LogP contribution < -0.4 is 11.1 Å². The molecule has 2 aromatic rings. The molecule has 0 aliphatic carbocycles. The highest BCUT2D eigenvalue weighted by Crippen LogP contribution is 2.16. The molecule has 0 aliphatic rings. The molecule has 0 unspecified atom stereocenters. The molecule has 2 rings (SSSR count). The molecule has 2 atom stereocenters. The van der Waals surface area contributed by atoms with Gasteiger partial charge in [-0.1, -0.05) is 27.7 Å². The maximum absolute atomic E-state index is 14.0. The van der Waals surface area contributed by atoms with E-state index in [4.69, 9.17) is 5.73 Å².